The van der Waals surface area contributed by atoms with Crippen molar-refractivity contribution in [3.63, 3.8) is 0 Å². The summed E-state index contributed by atoms with van der Waals surface area (Å²) in [6.07, 6.45) is 0. The Hall–Kier alpha value is -3.08. The third-order valence-electron chi connectivity index (χ3n) is 3.95. The number of aryl methyl sites for hydroxylation is 1. The molecule has 0 bridgehead atoms. The van der Waals surface area contributed by atoms with Gasteiger partial charge in [0.05, 0.1) is 4.90 Å². The molecule has 31 heavy (non-hydrogen) atoms. The lowest BCUT2D eigenvalue weighted by Crippen LogP contribution is -2.34. The molecule has 0 heterocycles. The lowest BCUT2D eigenvalue weighted by atomic mass is 10.2. The highest BCUT2D eigenvalue weighted by atomic mass is 35.5. The van der Waals surface area contributed by atoms with Crippen LogP contribution in [-0.4, -0.2) is 22.9 Å². The number of rotatable bonds is 6. The van der Waals surface area contributed by atoms with Crippen LogP contribution in [0.4, 0.5) is 10.5 Å². The number of carbonyl (C=O) groups is 1. The minimum atomic E-state index is -4.09. The molecule has 0 aromatic heterocycles. The van der Waals surface area contributed by atoms with Gasteiger partial charge in [0.1, 0.15) is 10.6 Å². The van der Waals surface area contributed by atoms with Crippen LogP contribution in [0.15, 0.2) is 82.6 Å². The highest BCUT2D eigenvalue weighted by Crippen LogP contribution is 2.21. The molecule has 0 fully saturated rings. The first-order valence-corrected chi connectivity index (χ1v) is 12.0. The Morgan fingerprint density at radius 3 is 2.13 bits per heavy atom. The summed E-state index contributed by atoms with van der Waals surface area (Å²) in [6, 6.07) is 16.0. The molecule has 3 rings (SSSR count). The summed E-state index contributed by atoms with van der Waals surface area (Å²) >= 11 is 5.73. The van der Waals surface area contributed by atoms with E-state index in [0.717, 1.165) is 5.56 Å². The van der Waals surface area contributed by atoms with E-state index in [1.165, 1.54) is 60.7 Å². The SMILES string of the molecule is Cc1cccc(S(=O)(=O)Oc2ccc(NC(=O)NS(=O)(=O)c3ccc(Cl)cc3)cc2)c1. The number of hydrogen-bond acceptors (Lipinski definition) is 6. The number of halogens is 1. The summed E-state index contributed by atoms with van der Waals surface area (Å²) in [7, 11) is -8.11. The number of urea groups is 1. The molecule has 3 aromatic rings. The Kier molecular flexibility index (Phi) is 6.54. The van der Waals surface area contributed by atoms with E-state index in [0.29, 0.717) is 5.02 Å². The van der Waals surface area contributed by atoms with Crippen molar-refractivity contribution in [1.29, 1.82) is 0 Å². The Labute approximate surface area is 185 Å². The predicted molar refractivity (Wildman–Crippen MR) is 116 cm³/mol. The zero-order valence-electron chi connectivity index (χ0n) is 16.1. The van der Waals surface area contributed by atoms with Crippen molar-refractivity contribution in [2.24, 2.45) is 0 Å². The monoisotopic (exact) mass is 480 g/mol. The third kappa shape index (κ3) is 5.97. The minimum absolute atomic E-state index is 0.0153. The zero-order chi connectivity index (χ0) is 22.6. The average Bonchev–Trinajstić information content (AvgIpc) is 2.69. The molecular weight excluding hydrogens is 464 g/mol. The van der Waals surface area contributed by atoms with Crippen LogP contribution in [0, 0.1) is 6.92 Å². The number of anilines is 1. The Morgan fingerprint density at radius 1 is 0.871 bits per heavy atom. The van der Waals surface area contributed by atoms with Crippen LogP contribution in [0.2, 0.25) is 5.02 Å². The van der Waals surface area contributed by atoms with Crippen molar-refractivity contribution in [2.45, 2.75) is 16.7 Å². The van der Waals surface area contributed by atoms with Crippen molar-refractivity contribution in [3.05, 3.63) is 83.4 Å². The number of hydrogen-bond donors (Lipinski definition) is 2. The summed E-state index contributed by atoms with van der Waals surface area (Å²) in [5.41, 5.74) is 0.993. The van der Waals surface area contributed by atoms with E-state index in [2.05, 4.69) is 5.32 Å². The van der Waals surface area contributed by atoms with Crippen molar-refractivity contribution in [3.8, 4) is 5.75 Å². The number of nitrogens with one attached hydrogen (secondary N) is 2. The lowest BCUT2D eigenvalue weighted by Gasteiger charge is -2.10. The van der Waals surface area contributed by atoms with E-state index in [4.69, 9.17) is 15.8 Å². The van der Waals surface area contributed by atoms with Gasteiger partial charge in [-0.15, -0.1) is 0 Å². The summed E-state index contributed by atoms with van der Waals surface area (Å²) in [5.74, 6) is 0.0289. The predicted octanol–water partition coefficient (Wildman–Crippen LogP) is 3.93. The van der Waals surface area contributed by atoms with E-state index in [1.807, 2.05) is 4.72 Å². The summed E-state index contributed by atoms with van der Waals surface area (Å²) < 4.78 is 56.1. The minimum Gasteiger partial charge on any atom is -0.379 e. The molecule has 0 spiro atoms. The van der Waals surface area contributed by atoms with Crippen LogP contribution in [0.1, 0.15) is 5.56 Å². The van der Waals surface area contributed by atoms with Gasteiger partial charge < -0.3 is 9.50 Å². The molecule has 0 atom stereocenters. The number of benzene rings is 3. The molecular formula is C20H17ClN2O6S2. The van der Waals surface area contributed by atoms with Gasteiger partial charge in [-0.3, -0.25) is 0 Å². The quantitative estimate of drug-likeness (QED) is 0.516. The second-order valence-corrected chi connectivity index (χ2v) is 10.1. The lowest BCUT2D eigenvalue weighted by molar-refractivity contribution is 0.256. The first-order chi connectivity index (χ1) is 14.5. The highest BCUT2D eigenvalue weighted by Gasteiger charge is 2.19. The van der Waals surface area contributed by atoms with Gasteiger partial charge in [0.25, 0.3) is 10.0 Å². The summed E-state index contributed by atoms with van der Waals surface area (Å²) in [4.78, 5) is 11.9. The second-order valence-electron chi connectivity index (χ2n) is 6.39. The number of sulfonamides is 1. The molecule has 0 aliphatic carbocycles. The van der Waals surface area contributed by atoms with E-state index < -0.39 is 26.2 Å². The fourth-order valence-electron chi connectivity index (χ4n) is 2.49. The van der Waals surface area contributed by atoms with Crippen LogP contribution < -0.4 is 14.2 Å². The largest absolute Gasteiger partial charge is 0.379 e. The standard InChI is InChI=1S/C20H17ClN2O6S2/c1-14-3-2-4-19(13-14)31(27,28)29-17-9-7-16(8-10-17)22-20(24)23-30(25,26)18-11-5-15(21)6-12-18/h2-13H,1H3,(H2,22,23,24). The molecule has 0 aliphatic heterocycles. The molecule has 3 aromatic carbocycles. The Balaban J connectivity index is 1.65. The van der Waals surface area contributed by atoms with Gasteiger partial charge in [0.15, 0.2) is 0 Å². The smallest absolute Gasteiger partial charge is 0.339 e. The molecule has 0 unspecified atom stereocenters. The van der Waals surface area contributed by atoms with E-state index in [1.54, 1.807) is 19.1 Å². The zero-order valence-corrected chi connectivity index (χ0v) is 18.5. The highest BCUT2D eigenvalue weighted by molar-refractivity contribution is 7.90. The van der Waals surface area contributed by atoms with Gasteiger partial charge in [-0.2, -0.15) is 8.42 Å². The van der Waals surface area contributed by atoms with Gasteiger partial charge in [-0.1, -0.05) is 23.7 Å². The van der Waals surface area contributed by atoms with Crippen molar-refractivity contribution < 1.29 is 25.8 Å². The topological polar surface area (TPSA) is 119 Å². The van der Waals surface area contributed by atoms with Gasteiger partial charge >= 0.3 is 16.1 Å². The van der Waals surface area contributed by atoms with Crippen LogP contribution in [-0.2, 0) is 20.1 Å². The Morgan fingerprint density at radius 2 is 1.52 bits per heavy atom. The molecule has 11 heteroatoms. The Bertz CT molecular complexity index is 1310. The maximum absolute atomic E-state index is 12.4. The first-order valence-electron chi connectivity index (χ1n) is 8.76. The number of carbonyl (C=O) groups excluding carboxylic acids is 1. The molecule has 0 aliphatic rings. The fourth-order valence-corrected chi connectivity index (χ4v) is 4.56. The second kappa shape index (κ2) is 8.96. The molecule has 0 saturated heterocycles. The van der Waals surface area contributed by atoms with Crippen LogP contribution >= 0.6 is 11.6 Å². The van der Waals surface area contributed by atoms with E-state index in [-0.39, 0.29) is 21.2 Å². The van der Waals surface area contributed by atoms with E-state index >= 15 is 0 Å². The van der Waals surface area contributed by atoms with Crippen LogP contribution in [0.5, 0.6) is 5.75 Å². The summed E-state index contributed by atoms with van der Waals surface area (Å²) in [6.45, 7) is 1.76. The van der Waals surface area contributed by atoms with E-state index in [9.17, 15) is 21.6 Å². The van der Waals surface area contributed by atoms with Crippen molar-refractivity contribution in [1.82, 2.24) is 4.72 Å². The maximum atomic E-state index is 12.4. The molecule has 0 saturated carbocycles. The average molecular weight is 481 g/mol. The van der Waals surface area contributed by atoms with Crippen molar-refractivity contribution >= 4 is 43.5 Å². The normalized spacial score (nSPS) is 11.5. The van der Waals surface area contributed by atoms with Crippen molar-refractivity contribution in [2.75, 3.05) is 5.32 Å². The van der Waals surface area contributed by atoms with Crippen LogP contribution in [0.3, 0.4) is 0 Å². The molecule has 8 nitrogen and oxygen atoms in total. The van der Waals surface area contributed by atoms with Gasteiger partial charge in [-0.05, 0) is 73.2 Å². The number of amides is 2. The maximum Gasteiger partial charge on any atom is 0.339 e. The molecule has 162 valence electrons. The molecule has 0 radical (unpaired) electrons. The third-order valence-corrected chi connectivity index (χ3v) is 6.79. The van der Waals surface area contributed by atoms with Gasteiger partial charge in [-0.25, -0.2) is 17.9 Å². The summed E-state index contributed by atoms with van der Waals surface area (Å²) in [5, 5.41) is 2.70. The van der Waals surface area contributed by atoms with Gasteiger partial charge in [0, 0.05) is 10.7 Å². The fraction of sp³-hybridized carbons (Fsp3) is 0.0500. The van der Waals surface area contributed by atoms with Gasteiger partial charge in [0.2, 0.25) is 0 Å². The molecule has 2 N–H and O–H groups in total. The molecule has 2 amide bonds. The van der Waals surface area contributed by atoms with Crippen LogP contribution in [0.25, 0.3) is 0 Å². The first kappa shape index (κ1) is 22.6.